The van der Waals surface area contributed by atoms with E-state index in [9.17, 15) is 19.2 Å². The van der Waals surface area contributed by atoms with Crippen LogP contribution in [0.5, 0.6) is 5.75 Å². The molecule has 12 heteroatoms. The van der Waals surface area contributed by atoms with E-state index in [-0.39, 0.29) is 36.6 Å². The van der Waals surface area contributed by atoms with Crippen LogP contribution in [-0.4, -0.2) is 100.0 Å². The van der Waals surface area contributed by atoms with Gasteiger partial charge in [-0.05, 0) is 50.3 Å². The lowest BCUT2D eigenvalue weighted by molar-refractivity contribution is -0.134. The lowest BCUT2D eigenvalue weighted by Crippen LogP contribution is -2.57. The van der Waals surface area contributed by atoms with E-state index in [1.807, 2.05) is 12.1 Å². The van der Waals surface area contributed by atoms with Crippen molar-refractivity contribution >= 4 is 23.5 Å². The molecule has 0 spiro atoms. The predicted molar refractivity (Wildman–Crippen MR) is 148 cm³/mol. The van der Waals surface area contributed by atoms with E-state index < -0.39 is 35.5 Å². The fraction of sp³-hybridized carbons (Fsp3) is 0.655. The van der Waals surface area contributed by atoms with Crippen molar-refractivity contribution in [2.24, 2.45) is 5.92 Å². The highest BCUT2D eigenvalue weighted by molar-refractivity contribution is 5.98. The third-order valence-corrected chi connectivity index (χ3v) is 7.74. The van der Waals surface area contributed by atoms with Crippen LogP contribution in [-0.2, 0) is 39.8 Å². The van der Waals surface area contributed by atoms with Gasteiger partial charge in [0.2, 0.25) is 17.7 Å². The molecule has 0 saturated carbocycles. The molecule has 3 aliphatic rings. The Balaban J connectivity index is 1.43. The molecule has 0 aromatic heterocycles. The second kappa shape index (κ2) is 14.2. The summed E-state index contributed by atoms with van der Waals surface area (Å²) in [5.41, 5.74) is -0.128. The summed E-state index contributed by atoms with van der Waals surface area (Å²) in [4.78, 5) is 52.6. The summed E-state index contributed by atoms with van der Waals surface area (Å²) in [6.45, 7) is 6.57. The summed E-state index contributed by atoms with van der Waals surface area (Å²) < 4.78 is 21.7. The van der Waals surface area contributed by atoms with E-state index in [2.05, 4.69) is 21.3 Å². The van der Waals surface area contributed by atoms with Crippen molar-refractivity contribution in [3.8, 4) is 5.75 Å². The molecule has 1 aromatic carbocycles. The molecule has 3 heterocycles. The first-order valence-electron chi connectivity index (χ1n) is 14.3. The van der Waals surface area contributed by atoms with E-state index in [4.69, 9.17) is 18.9 Å². The Hall–Kier alpha value is -3.06. The number of morpholine rings is 1. The first-order valence-corrected chi connectivity index (χ1v) is 14.3. The Morgan fingerprint density at radius 3 is 2.41 bits per heavy atom. The van der Waals surface area contributed by atoms with Gasteiger partial charge in [0, 0.05) is 32.7 Å². The summed E-state index contributed by atoms with van der Waals surface area (Å²) in [5, 5.41) is 11.5. The fourth-order valence-corrected chi connectivity index (χ4v) is 5.05. The van der Waals surface area contributed by atoms with Crippen LogP contribution in [0.3, 0.4) is 0 Å². The minimum absolute atomic E-state index is 0.121. The summed E-state index contributed by atoms with van der Waals surface area (Å²) in [6.07, 6.45) is 1.27. The molecular formula is C29H42N4O8. The number of epoxide rings is 1. The van der Waals surface area contributed by atoms with Crippen molar-refractivity contribution in [2.75, 3.05) is 46.6 Å². The van der Waals surface area contributed by atoms with Crippen molar-refractivity contribution in [1.29, 1.82) is 0 Å². The number of ether oxygens (including phenoxy) is 4. The zero-order valence-electron chi connectivity index (χ0n) is 24.0. The normalized spacial score (nSPS) is 25.8. The third kappa shape index (κ3) is 8.96. The lowest BCUT2D eigenvalue weighted by atomic mass is 9.91. The molecule has 226 valence electrons. The third-order valence-electron chi connectivity index (χ3n) is 7.74. The van der Waals surface area contributed by atoms with E-state index in [0.717, 1.165) is 18.5 Å². The van der Waals surface area contributed by atoms with Gasteiger partial charge >= 0.3 is 0 Å². The number of ketones is 1. The second-order valence-corrected chi connectivity index (χ2v) is 11.2. The number of hydrogen-bond acceptors (Lipinski definition) is 9. The van der Waals surface area contributed by atoms with Crippen molar-refractivity contribution < 1.29 is 38.1 Å². The molecule has 1 aromatic rings. The van der Waals surface area contributed by atoms with Gasteiger partial charge in [0.25, 0.3) is 0 Å². The monoisotopic (exact) mass is 574 g/mol. The van der Waals surface area contributed by atoms with Crippen molar-refractivity contribution in [1.82, 2.24) is 21.3 Å². The number of amides is 3. The number of nitrogens with one attached hydrogen (secondary N) is 4. The highest BCUT2D eigenvalue weighted by atomic mass is 16.6. The highest BCUT2D eigenvalue weighted by Gasteiger charge is 2.50. The van der Waals surface area contributed by atoms with Crippen LogP contribution in [0, 0.1) is 5.92 Å². The Morgan fingerprint density at radius 1 is 1.07 bits per heavy atom. The average Bonchev–Trinajstić information content (AvgIpc) is 3.51. The van der Waals surface area contributed by atoms with Crippen LogP contribution in [0.25, 0.3) is 0 Å². The summed E-state index contributed by atoms with van der Waals surface area (Å²) in [7, 11) is 1.56. The maximum absolute atomic E-state index is 13.7. The minimum atomic E-state index is -0.996. The zero-order chi connectivity index (χ0) is 29.4. The Bertz CT molecular complexity index is 1070. The Kier molecular flexibility index (Phi) is 10.7. The number of hydrogen-bond donors (Lipinski definition) is 4. The van der Waals surface area contributed by atoms with Crippen LogP contribution in [0.2, 0.25) is 0 Å². The van der Waals surface area contributed by atoms with Gasteiger partial charge in [0.05, 0.1) is 38.9 Å². The fourth-order valence-electron chi connectivity index (χ4n) is 5.05. The Morgan fingerprint density at radius 2 is 1.80 bits per heavy atom. The molecule has 0 aliphatic carbocycles. The van der Waals surface area contributed by atoms with Crippen LogP contribution in [0.1, 0.15) is 38.7 Å². The molecule has 0 bridgehead atoms. The SMILES string of the molecule is COc1ccc(C[C@H](NC(=O)[C@H](C)NC(=O)CC2CNCCO2)C(=O)N[C@@H](C[C@H]2CCOC2)C(=O)[C@@]2(C)CO2)cc1. The molecule has 3 aliphatic heterocycles. The summed E-state index contributed by atoms with van der Waals surface area (Å²) >= 11 is 0. The first kappa shape index (κ1) is 30.9. The van der Waals surface area contributed by atoms with Crippen LogP contribution in [0.15, 0.2) is 24.3 Å². The molecule has 3 amide bonds. The van der Waals surface area contributed by atoms with Crippen molar-refractivity contribution in [3.05, 3.63) is 29.8 Å². The van der Waals surface area contributed by atoms with Crippen molar-refractivity contribution in [3.63, 3.8) is 0 Å². The number of Topliss-reactive ketones (excluding diaryl/α,β-unsaturated/α-hetero) is 1. The Labute approximate surface area is 240 Å². The molecule has 3 saturated heterocycles. The first-order chi connectivity index (χ1) is 19.7. The number of methoxy groups -OCH3 is 1. The number of rotatable bonds is 14. The number of benzene rings is 1. The topological polar surface area (TPSA) is 157 Å². The highest BCUT2D eigenvalue weighted by Crippen LogP contribution is 2.31. The van der Waals surface area contributed by atoms with Gasteiger partial charge in [-0.3, -0.25) is 19.2 Å². The molecule has 4 N–H and O–H groups in total. The minimum Gasteiger partial charge on any atom is -0.497 e. The maximum Gasteiger partial charge on any atom is 0.243 e. The summed E-state index contributed by atoms with van der Waals surface area (Å²) in [6, 6.07) is 4.50. The van der Waals surface area contributed by atoms with Gasteiger partial charge in [0.15, 0.2) is 5.78 Å². The standard InChI is InChI=1S/C29H42N4O8/c1-18(31-25(34)14-22-15-30-9-11-40-22)27(36)33-24(12-19-4-6-21(38-3)7-5-19)28(37)32-23(13-20-8-10-39-16-20)26(35)29(2)17-41-29/h4-7,18,20,22-24,30H,8-17H2,1-3H3,(H,31,34)(H,32,37)(H,33,36)/t18-,20+,22?,23-,24-,29+/m0/s1. The lowest BCUT2D eigenvalue weighted by Gasteiger charge is -2.27. The number of carbonyl (C=O) groups excluding carboxylic acids is 4. The van der Waals surface area contributed by atoms with Gasteiger partial charge in [-0.2, -0.15) is 0 Å². The van der Waals surface area contributed by atoms with Crippen LogP contribution < -0.4 is 26.0 Å². The van der Waals surface area contributed by atoms with E-state index in [1.54, 1.807) is 33.1 Å². The van der Waals surface area contributed by atoms with E-state index >= 15 is 0 Å². The summed E-state index contributed by atoms with van der Waals surface area (Å²) in [5.74, 6) is -0.712. The average molecular weight is 575 g/mol. The maximum atomic E-state index is 13.7. The van der Waals surface area contributed by atoms with Gasteiger partial charge in [-0.25, -0.2) is 0 Å². The smallest absolute Gasteiger partial charge is 0.243 e. The molecule has 1 unspecified atom stereocenters. The van der Waals surface area contributed by atoms with Gasteiger partial charge in [0.1, 0.15) is 23.4 Å². The molecule has 6 atom stereocenters. The molecule has 0 radical (unpaired) electrons. The zero-order valence-corrected chi connectivity index (χ0v) is 24.0. The van der Waals surface area contributed by atoms with Crippen LogP contribution in [0.4, 0.5) is 0 Å². The largest absolute Gasteiger partial charge is 0.497 e. The molecular weight excluding hydrogens is 532 g/mol. The van der Waals surface area contributed by atoms with E-state index in [0.29, 0.717) is 45.1 Å². The van der Waals surface area contributed by atoms with Crippen LogP contribution >= 0.6 is 0 Å². The molecule has 4 rings (SSSR count). The van der Waals surface area contributed by atoms with Gasteiger partial charge in [-0.1, -0.05) is 12.1 Å². The molecule has 41 heavy (non-hydrogen) atoms. The predicted octanol–water partition coefficient (Wildman–Crippen LogP) is -0.125. The molecule has 3 fully saturated rings. The van der Waals surface area contributed by atoms with Gasteiger partial charge < -0.3 is 40.2 Å². The number of carbonyl (C=O) groups is 4. The second-order valence-electron chi connectivity index (χ2n) is 11.2. The quantitative estimate of drug-likeness (QED) is 0.222. The van der Waals surface area contributed by atoms with Gasteiger partial charge in [-0.15, -0.1) is 0 Å². The van der Waals surface area contributed by atoms with Crippen molar-refractivity contribution in [2.45, 2.75) is 69.4 Å². The van der Waals surface area contributed by atoms with E-state index in [1.165, 1.54) is 0 Å². The molecule has 12 nitrogen and oxygen atoms in total.